The number of nitrogens with one attached hydrogen (secondary N) is 1. The Morgan fingerprint density at radius 1 is 1.50 bits per heavy atom. The van der Waals surface area contributed by atoms with Crippen LogP contribution in [0.25, 0.3) is 0 Å². The standard InChI is InChI=1S/C16H23F2N3O/c1-3-16(17,18)15(22)19-9-13-7-8-21(10-13)11-14-6-4-5-12(2)20-14/h4-6,13H,3,7-11H2,1-2H3,(H,19,22)/t13-/m1/s1. The average molecular weight is 311 g/mol. The third kappa shape index (κ3) is 4.47. The van der Waals surface area contributed by atoms with Crippen LogP contribution in [0.1, 0.15) is 31.2 Å². The number of amides is 1. The average Bonchev–Trinajstić information content (AvgIpc) is 2.92. The van der Waals surface area contributed by atoms with E-state index in [-0.39, 0.29) is 5.92 Å². The molecule has 0 aromatic carbocycles. The highest BCUT2D eigenvalue weighted by molar-refractivity contribution is 5.83. The maximum atomic E-state index is 13.2. The van der Waals surface area contributed by atoms with Crippen LogP contribution in [0.5, 0.6) is 0 Å². The van der Waals surface area contributed by atoms with Gasteiger partial charge in [0.15, 0.2) is 0 Å². The number of hydrogen-bond acceptors (Lipinski definition) is 3. The summed E-state index contributed by atoms with van der Waals surface area (Å²) in [5, 5.41) is 2.38. The lowest BCUT2D eigenvalue weighted by molar-refractivity contribution is -0.146. The van der Waals surface area contributed by atoms with E-state index in [4.69, 9.17) is 0 Å². The molecule has 0 radical (unpaired) electrons. The summed E-state index contributed by atoms with van der Waals surface area (Å²) in [5.74, 6) is -4.20. The summed E-state index contributed by atoms with van der Waals surface area (Å²) >= 11 is 0. The number of hydrogen-bond donors (Lipinski definition) is 1. The quantitative estimate of drug-likeness (QED) is 0.877. The van der Waals surface area contributed by atoms with Crippen LogP contribution in [-0.2, 0) is 11.3 Å². The molecule has 2 rings (SSSR count). The van der Waals surface area contributed by atoms with Crippen LogP contribution in [-0.4, -0.2) is 41.3 Å². The number of rotatable bonds is 6. The first kappa shape index (κ1) is 16.8. The molecule has 0 aliphatic carbocycles. The van der Waals surface area contributed by atoms with E-state index < -0.39 is 18.3 Å². The zero-order valence-electron chi connectivity index (χ0n) is 13.1. The molecular weight excluding hydrogens is 288 g/mol. The first-order chi connectivity index (χ1) is 10.4. The van der Waals surface area contributed by atoms with Crippen molar-refractivity contribution in [2.75, 3.05) is 19.6 Å². The van der Waals surface area contributed by atoms with Crippen LogP contribution < -0.4 is 5.32 Å². The minimum Gasteiger partial charge on any atom is -0.351 e. The first-order valence-corrected chi connectivity index (χ1v) is 7.71. The lowest BCUT2D eigenvalue weighted by Gasteiger charge is -2.18. The highest BCUT2D eigenvalue weighted by Crippen LogP contribution is 2.20. The molecule has 2 heterocycles. The molecule has 1 aliphatic heterocycles. The maximum absolute atomic E-state index is 13.2. The van der Waals surface area contributed by atoms with Gasteiger partial charge in [0.2, 0.25) is 0 Å². The molecular formula is C16H23F2N3O. The summed E-state index contributed by atoms with van der Waals surface area (Å²) < 4.78 is 26.4. The molecule has 1 aliphatic rings. The molecule has 1 aromatic rings. The monoisotopic (exact) mass is 311 g/mol. The predicted molar refractivity (Wildman–Crippen MR) is 80.6 cm³/mol. The summed E-state index contributed by atoms with van der Waals surface area (Å²) in [6.07, 6.45) is 0.443. The number of alkyl halides is 2. The SMILES string of the molecule is CCC(F)(F)C(=O)NC[C@H]1CCN(Cc2cccc(C)n2)C1. The van der Waals surface area contributed by atoms with Crippen molar-refractivity contribution >= 4 is 5.91 Å². The topological polar surface area (TPSA) is 45.2 Å². The van der Waals surface area contributed by atoms with E-state index in [1.807, 2.05) is 25.1 Å². The Kier molecular flexibility index (Phi) is 5.45. The van der Waals surface area contributed by atoms with Gasteiger partial charge < -0.3 is 5.32 Å². The molecule has 4 nitrogen and oxygen atoms in total. The molecule has 1 amide bonds. The first-order valence-electron chi connectivity index (χ1n) is 7.71. The molecule has 0 saturated carbocycles. The minimum absolute atomic E-state index is 0.224. The molecule has 1 saturated heterocycles. The van der Waals surface area contributed by atoms with Crippen molar-refractivity contribution in [1.82, 2.24) is 15.2 Å². The van der Waals surface area contributed by atoms with Gasteiger partial charge in [0.25, 0.3) is 5.91 Å². The number of pyridine rings is 1. The fourth-order valence-electron chi connectivity index (χ4n) is 2.67. The van der Waals surface area contributed by atoms with E-state index in [1.165, 1.54) is 6.92 Å². The summed E-state index contributed by atoms with van der Waals surface area (Å²) in [5.41, 5.74) is 2.00. The molecule has 1 fully saturated rings. The lowest BCUT2D eigenvalue weighted by atomic mass is 10.1. The number of aromatic nitrogens is 1. The molecule has 1 aromatic heterocycles. The van der Waals surface area contributed by atoms with Gasteiger partial charge in [-0.15, -0.1) is 0 Å². The van der Waals surface area contributed by atoms with Gasteiger partial charge in [-0.25, -0.2) is 0 Å². The van der Waals surface area contributed by atoms with Gasteiger partial charge in [-0.1, -0.05) is 13.0 Å². The summed E-state index contributed by atoms with van der Waals surface area (Å²) in [6.45, 7) is 6.04. The van der Waals surface area contributed by atoms with Crippen molar-refractivity contribution in [3.8, 4) is 0 Å². The molecule has 0 unspecified atom stereocenters. The number of likely N-dealkylation sites (tertiary alicyclic amines) is 1. The number of nitrogens with zero attached hydrogens (tertiary/aromatic N) is 2. The Bertz CT molecular complexity index is 522. The normalized spacial score (nSPS) is 19.4. The molecule has 1 N–H and O–H groups in total. The molecule has 6 heteroatoms. The van der Waals surface area contributed by atoms with Gasteiger partial charge in [-0.3, -0.25) is 14.7 Å². The van der Waals surface area contributed by atoms with Crippen molar-refractivity contribution in [3.63, 3.8) is 0 Å². The third-order valence-electron chi connectivity index (χ3n) is 4.03. The maximum Gasteiger partial charge on any atom is 0.324 e. The van der Waals surface area contributed by atoms with Crippen LogP contribution in [0.3, 0.4) is 0 Å². The van der Waals surface area contributed by atoms with E-state index in [0.717, 1.165) is 37.4 Å². The van der Waals surface area contributed by atoms with E-state index in [0.29, 0.717) is 6.54 Å². The van der Waals surface area contributed by atoms with Crippen molar-refractivity contribution < 1.29 is 13.6 Å². The second-order valence-electron chi connectivity index (χ2n) is 5.93. The Morgan fingerprint density at radius 2 is 2.27 bits per heavy atom. The Hall–Kier alpha value is -1.56. The van der Waals surface area contributed by atoms with E-state index in [9.17, 15) is 13.6 Å². The Balaban J connectivity index is 1.77. The van der Waals surface area contributed by atoms with Crippen LogP contribution in [0.15, 0.2) is 18.2 Å². The molecule has 122 valence electrons. The van der Waals surface area contributed by atoms with Gasteiger partial charge in [0, 0.05) is 31.7 Å². The number of aryl methyl sites for hydroxylation is 1. The van der Waals surface area contributed by atoms with E-state index >= 15 is 0 Å². The van der Waals surface area contributed by atoms with Gasteiger partial charge >= 0.3 is 5.92 Å². The van der Waals surface area contributed by atoms with Gasteiger partial charge in [0.05, 0.1) is 5.69 Å². The summed E-state index contributed by atoms with van der Waals surface area (Å²) in [6, 6.07) is 5.93. The van der Waals surface area contributed by atoms with Crippen molar-refractivity contribution in [3.05, 3.63) is 29.6 Å². The highest BCUT2D eigenvalue weighted by Gasteiger charge is 2.36. The smallest absolute Gasteiger partial charge is 0.324 e. The second kappa shape index (κ2) is 7.13. The van der Waals surface area contributed by atoms with Crippen molar-refractivity contribution in [1.29, 1.82) is 0 Å². The zero-order valence-corrected chi connectivity index (χ0v) is 13.1. The zero-order chi connectivity index (χ0) is 16.2. The molecule has 0 bridgehead atoms. The molecule has 22 heavy (non-hydrogen) atoms. The second-order valence-corrected chi connectivity index (χ2v) is 5.93. The minimum atomic E-state index is -3.26. The van der Waals surface area contributed by atoms with Crippen molar-refractivity contribution in [2.24, 2.45) is 5.92 Å². The number of carbonyl (C=O) groups is 1. The Morgan fingerprint density at radius 3 is 2.95 bits per heavy atom. The van der Waals surface area contributed by atoms with Gasteiger partial charge in [0.1, 0.15) is 0 Å². The lowest BCUT2D eigenvalue weighted by Crippen LogP contribution is -2.42. The van der Waals surface area contributed by atoms with Gasteiger partial charge in [-0.05, 0) is 37.9 Å². The highest BCUT2D eigenvalue weighted by atomic mass is 19.3. The van der Waals surface area contributed by atoms with Crippen LogP contribution >= 0.6 is 0 Å². The van der Waals surface area contributed by atoms with Gasteiger partial charge in [-0.2, -0.15) is 8.78 Å². The van der Waals surface area contributed by atoms with E-state index in [2.05, 4.69) is 15.2 Å². The van der Waals surface area contributed by atoms with Crippen LogP contribution in [0, 0.1) is 12.8 Å². The Labute approximate surface area is 129 Å². The molecule has 1 atom stereocenters. The fraction of sp³-hybridized carbons (Fsp3) is 0.625. The largest absolute Gasteiger partial charge is 0.351 e. The summed E-state index contributed by atoms with van der Waals surface area (Å²) in [7, 11) is 0. The summed E-state index contributed by atoms with van der Waals surface area (Å²) in [4.78, 5) is 18.1. The van der Waals surface area contributed by atoms with Crippen molar-refractivity contribution in [2.45, 2.75) is 39.2 Å². The molecule has 0 spiro atoms. The van der Waals surface area contributed by atoms with Crippen LogP contribution in [0.4, 0.5) is 8.78 Å². The fourth-order valence-corrected chi connectivity index (χ4v) is 2.67. The third-order valence-corrected chi connectivity index (χ3v) is 4.03. The van der Waals surface area contributed by atoms with E-state index in [1.54, 1.807) is 0 Å². The van der Waals surface area contributed by atoms with Crippen LogP contribution in [0.2, 0.25) is 0 Å². The predicted octanol–water partition coefficient (Wildman–Crippen LogP) is 2.37. The number of halogens is 2. The number of carbonyl (C=O) groups excluding carboxylic acids is 1.